The lowest BCUT2D eigenvalue weighted by molar-refractivity contribution is -0.0809. The zero-order valence-corrected chi connectivity index (χ0v) is 15.4. The second-order valence-electron chi connectivity index (χ2n) is 6.35. The molecule has 0 aliphatic carbocycles. The summed E-state index contributed by atoms with van der Waals surface area (Å²) < 4.78 is 32.9. The van der Waals surface area contributed by atoms with E-state index in [2.05, 4.69) is 0 Å². The Morgan fingerprint density at radius 3 is 2.60 bits per heavy atom. The number of benzene rings is 2. The van der Waals surface area contributed by atoms with E-state index in [4.69, 9.17) is 16.3 Å². The molecule has 3 rings (SSSR count). The largest absolute Gasteiger partial charge is 0.486 e. The lowest BCUT2D eigenvalue weighted by Gasteiger charge is -2.41. The van der Waals surface area contributed by atoms with Crippen LogP contribution in [0.15, 0.2) is 59.5 Å². The van der Waals surface area contributed by atoms with Crippen LogP contribution in [0.5, 0.6) is 5.75 Å². The average Bonchev–Trinajstić information content (AvgIpc) is 2.57. The van der Waals surface area contributed by atoms with Gasteiger partial charge in [0.2, 0.25) is 10.0 Å². The van der Waals surface area contributed by atoms with Crippen molar-refractivity contribution in [1.29, 1.82) is 0 Å². The number of aliphatic hydroxyl groups is 1. The molecule has 0 spiro atoms. The van der Waals surface area contributed by atoms with E-state index >= 15 is 0 Å². The number of halogens is 1. The SMILES string of the molecule is C[C@]1(O)CCN(S(=O)(=O)c2ccccc2)C[C@@H]1Oc1cccc(Cl)c1. The van der Waals surface area contributed by atoms with Crippen LogP contribution >= 0.6 is 11.6 Å². The molecule has 0 saturated carbocycles. The molecule has 0 radical (unpaired) electrons. The molecule has 2 aromatic carbocycles. The Kier molecular flexibility index (Phi) is 5.06. The third kappa shape index (κ3) is 3.98. The van der Waals surface area contributed by atoms with Crippen LogP contribution in [0.3, 0.4) is 0 Å². The van der Waals surface area contributed by atoms with Crippen LogP contribution in [0.2, 0.25) is 5.02 Å². The fourth-order valence-corrected chi connectivity index (χ4v) is 4.46. The lowest BCUT2D eigenvalue weighted by atomic mass is 9.91. The van der Waals surface area contributed by atoms with Crippen LogP contribution in [-0.4, -0.2) is 42.6 Å². The predicted molar refractivity (Wildman–Crippen MR) is 96.3 cm³/mol. The number of rotatable bonds is 4. The molecule has 0 unspecified atom stereocenters. The summed E-state index contributed by atoms with van der Waals surface area (Å²) in [5.41, 5.74) is -1.13. The van der Waals surface area contributed by atoms with Gasteiger partial charge >= 0.3 is 0 Å². The van der Waals surface area contributed by atoms with Crippen LogP contribution in [-0.2, 0) is 10.0 Å². The molecule has 2 atom stereocenters. The minimum atomic E-state index is -3.63. The zero-order valence-electron chi connectivity index (χ0n) is 13.8. The van der Waals surface area contributed by atoms with Gasteiger partial charge in [0.15, 0.2) is 0 Å². The minimum absolute atomic E-state index is 0.0662. The van der Waals surface area contributed by atoms with E-state index < -0.39 is 21.7 Å². The first-order valence-electron chi connectivity index (χ1n) is 7.99. The van der Waals surface area contributed by atoms with Gasteiger partial charge in [-0.05, 0) is 43.7 Å². The van der Waals surface area contributed by atoms with E-state index in [0.717, 1.165) is 0 Å². The molecule has 0 aromatic heterocycles. The van der Waals surface area contributed by atoms with Crippen LogP contribution in [0, 0.1) is 0 Å². The van der Waals surface area contributed by atoms with E-state index in [1.165, 1.54) is 4.31 Å². The van der Waals surface area contributed by atoms with Crippen molar-refractivity contribution >= 4 is 21.6 Å². The van der Waals surface area contributed by atoms with Gasteiger partial charge in [-0.2, -0.15) is 4.31 Å². The average molecular weight is 382 g/mol. The highest BCUT2D eigenvalue weighted by Crippen LogP contribution is 2.30. The third-order valence-electron chi connectivity index (χ3n) is 4.39. The first kappa shape index (κ1) is 18.2. The summed E-state index contributed by atoms with van der Waals surface area (Å²) in [5, 5.41) is 11.2. The van der Waals surface area contributed by atoms with E-state index in [-0.39, 0.29) is 24.4 Å². The van der Waals surface area contributed by atoms with Crippen molar-refractivity contribution in [2.24, 2.45) is 0 Å². The zero-order chi connectivity index (χ0) is 18.1. The maximum Gasteiger partial charge on any atom is 0.243 e. The van der Waals surface area contributed by atoms with E-state index in [9.17, 15) is 13.5 Å². The fourth-order valence-electron chi connectivity index (χ4n) is 2.81. The smallest absolute Gasteiger partial charge is 0.243 e. The molecule has 5 nitrogen and oxygen atoms in total. The van der Waals surface area contributed by atoms with Crippen LogP contribution in [0.1, 0.15) is 13.3 Å². The molecule has 1 saturated heterocycles. The van der Waals surface area contributed by atoms with Crippen molar-refractivity contribution in [2.45, 2.75) is 29.9 Å². The van der Waals surface area contributed by atoms with Crippen LogP contribution in [0.25, 0.3) is 0 Å². The molecule has 2 aromatic rings. The van der Waals surface area contributed by atoms with Gasteiger partial charge in [0, 0.05) is 11.6 Å². The lowest BCUT2D eigenvalue weighted by Crippen LogP contribution is -2.57. The molecule has 1 N–H and O–H groups in total. The number of sulfonamides is 1. The molecule has 0 bridgehead atoms. The summed E-state index contributed by atoms with van der Waals surface area (Å²) in [4.78, 5) is 0.234. The fraction of sp³-hybridized carbons (Fsp3) is 0.333. The number of hydrogen-bond acceptors (Lipinski definition) is 4. The summed E-state index contributed by atoms with van der Waals surface area (Å²) in [5.74, 6) is 0.497. The predicted octanol–water partition coefficient (Wildman–Crippen LogP) is 2.93. The molecule has 7 heteroatoms. The molecule has 1 fully saturated rings. The normalized spacial score (nSPS) is 24.8. The topological polar surface area (TPSA) is 66.8 Å². The molecule has 1 aliphatic rings. The standard InChI is InChI=1S/C18H20ClNO4S/c1-18(21)10-11-20(25(22,23)16-8-3-2-4-9-16)13-17(18)24-15-7-5-6-14(19)12-15/h2-9,12,17,21H,10-11,13H2,1H3/t17-,18-/m0/s1. The van der Waals surface area contributed by atoms with Crippen molar-refractivity contribution < 1.29 is 18.3 Å². The van der Waals surface area contributed by atoms with Gasteiger partial charge in [0.05, 0.1) is 11.4 Å². The molecule has 1 heterocycles. The van der Waals surface area contributed by atoms with Crippen LogP contribution in [0.4, 0.5) is 0 Å². The van der Waals surface area contributed by atoms with Gasteiger partial charge in [-0.1, -0.05) is 35.9 Å². The first-order chi connectivity index (χ1) is 11.8. The van der Waals surface area contributed by atoms with Crippen molar-refractivity contribution in [3.63, 3.8) is 0 Å². The maximum atomic E-state index is 12.8. The molecule has 0 amide bonds. The van der Waals surface area contributed by atoms with Crippen molar-refractivity contribution in [3.8, 4) is 5.75 Å². The minimum Gasteiger partial charge on any atom is -0.486 e. The third-order valence-corrected chi connectivity index (χ3v) is 6.50. The second kappa shape index (κ2) is 6.96. The van der Waals surface area contributed by atoms with Gasteiger partial charge in [-0.3, -0.25) is 0 Å². The van der Waals surface area contributed by atoms with E-state index in [1.807, 2.05) is 0 Å². The van der Waals surface area contributed by atoms with Gasteiger partial charge < -0.3 is 9.84 Å². The Bertz CT molecular complexity index is 839. The highest BCUT2D eigenvalue weighted by atomic mass is 35.5. The van der Waals surface area contributed by atoms with E-state index in [1.54, 1.807) is 61.5 Å². The van der Waals surface area contributed by atoms with Crippen LogP contribution < -0.4 is 4.74 Å². The Morgan fingerprint density at radius 2 is 1.92 bits per heavy atom. The Hall–Kier alpha value is -1.60. The Morgan fingerprint density at radius 1 is 1.20 bits per heavy atom. The Balaban J connectivity index is 1.83. The second-order valence-corrected chi connectivity index (χ2v) is 8.72. The number of nitrogens with zero attached hydrogens (tertiary/aromatic N) is 1. The number of piperidine rings is 1. The highest BCUT2D eigenvalue weighted by molar-refractivity contribution is 7.89. The summed E-state index contributed by atoms with van der Waals surface area (Å²) in [6, 6.07) is 15.1. The molecule has 134 valence electrons. The molecular weight excluding hydrogens is 362 g/mol. The van der Waals surface area contributed by atoms with Crippen molar-refractivity contribution in [3.05, 3.63) is 59.6 Å². The quantitative estimate of drug-likeness (QED) is 0.884. The summed E-state index contributed by atoms with van der Waals surface area (Å²) in [7, 11) is -3.63. The number of ether oxygens (including phenoxy) is 1. The highest BCUT2D eigenvalue weighted by Gasteiger charge is 2.43. The van der Waals surface area contributed by atoms with Crippen molar-refractivity contribution in [2.75, 3.05) is 13.1 Å². The first-order valence-corrected chi connectivity index (χ1v) is 9.81. The van der Waals surface area contributed by atoms with E-state index in [0.29, 0.717) is 10.8 Å². The molecule has 1 aliphatic heterocycles. The summed E-state index contributed by atoms with van der Waals surface area (Å²) in [6.45, 7) is 1.96. The maximum absolute atomic E-state index is 12.8. The van der Waals surface area contributed by atoms with Gasteiger partial charge in [-0.25, -0.2) is 8.42 Å². The summed E-state index contributed by atoms with van der Waals surface area (Å²) >= 11 is 5.97. The van der Waals surface area contributed by atoms with Gasteiger partial charge in [0.1, 0.15) is 17.5 Å². The monoisotopic (exact) mass is 381 g/mol. The van der Waals surface area contributed by atoms with Gasteiger partial charge in [-0.15, -0.1) is 0 Å². The van der Waals surface area contributed by atoms with Crippen molar-refractivity contribution in [1.82, 2.24) is 4.31 Å². The van der Waals surface area contributed by atoms with Gasteiger partial charge in [0.25, 0.3) is 0 Å². The Labute approximate surface area is 152 Å². The summed E-state index contributed by atoms with van der Waals surface area (Å²) in [6.07, 6.45) is -0.414. The number of hydrogen-bond donors (Lipinski definition) is 1. The molecule has 25 heavy (non-hydrogen) atoms. The molecular formula is C18H20ClNO4S.